The van der Waals surface area contributed by atoms with Gasteiger partial charge in [-0.15, -0.1) is 0 Å². The molecule has 1 fully saturated rings. The van der Waals surface area contributed by atoms with Gasteiger partial charge in [0, 0.05) is 11.4 Å². The summed E-state index contributed by atoms with van der Waals surface area (Å²) in [5.74, 6) is 0.276. The van der Waals surface area contributed by atoms with Crippen molar-refractivity contribution in [2.24, 2.45) is 5.92 Å². The molecule has 3 rings (SSSR count). The summed E-state index contributed by atoms with van der Waals surface area (Å²) in [5, 5.41) is 10.5. The molecule has 0 aliphatic heterocycles. The minimum atomic E-state index is -0.270. The van der Waals surface area contributed by atoms with Gasteiger partial charge in [0.1, 0.15) is 0 Å². The SMILES string of the molecule is C[C@H]1CCCC[C@@H]1NC(=O)c1n[nH]c(=O)c2ccccc12. The third-order valence-electron chi connectivity index (χ3n) is 4.34. The van der Waals surface area contributed by atoms with Crippen LogP contribution in [-0.2, 0) is 0 Å². The molecule has 1 amide bonds. The van der Waals surface area contributed by atoms with Crippen LogP contribution in [0.5, 0.6) is 0 Å². The first-order chi connectivity index (χ1) is 10.2. The highest BCUT2D eigenvalue weighted by atomic mass is 16.2. The van der Waals surface area contributed by atoms with Crippen molar-refractivity contribution in [2.45, 2.75) is 38.6 Å². The molecule has 1 aliphatic rings. The van der Waals surface area contributed by atoms with E-state index >= 15 is 0 Å². The quantitative estimate of drug-likeness (QED) is 0.888. The van der Waals surface area contributed by atoms with Gasteiger partial charge in [-0.3, -0.25) is 9.59 Å². The van der Waals surface area contributed by atoms with Gasteiger partial charge in [0.15, 0.2) is 5.69 Å². The molecule has 1 aromatic heterocycles. The number of nitrogens with one attached hydrogen (secondary N) is 2. The van der Waals surface area contributed by atoms with E-state index in [0.717, 1.165) is 19.3 Å². The van der Waals surface area contributed by atoms with Crippen LogP contribution in [-0.4, -0.2) is 22.1 Å². The number of H-pyrrole nitrogens is 1. The molecule has 110 valence electrons. The first-order valence-electron chi connectivity index (χ1n) is 7.45. The maximum atomic E-state index is 12.5. The number of hydrogen-bond acceptors (Lipinski definition) is 3. The normalized spacial score (nSPS) is 22.1. The van der Waals surface area contributed by atoms with Crippen LogP contribution in [0.4, 0.5) is 0 Å². The van der Waals surface area contributed by atoms with E-state index in [0.29, 0.717) is 22.4 Å². The van der Waals surface area contributed by atoms with E-state index < -0.39 is 0 Å². The summed E-state index contributed by atoms with van der Waals surface area (Å²) in [6.45, 7) is 2.17. The topological polar surface area (TPSA) is 74.8 Å². The van der Waals surface area contributed by atoms with Gasteiger partial charge in [-0.1, -0.05) is 38.0 Å². The summed E-state index contributed by atoms with van der Waals surface area (Å²) in [6.07, 6.45) is 4.53. The molecule has 1 saturated carbocycles. The Hall–Kier alpha value is -2.17. The van der Waals surface area contributed by atoms with Crippen LogP contribution >= 0.6 is 0 Å². The molecule has 1 heterocycles. The fraction of sp³-hybridized carbons (Fsp3) is 0.438. The lowest BCUT2D eigenvalue weighted by Crippen LogP contribution is -2.41. The van der Waals surface area contributed by atoms with Gasteiger partial charge in [0.05, 0.1) is 5.39 Å². The van der Waals surface area contributed by atoms with Crippen LogP contribution in [0.1, 0.15) is 43.1 Å². The lowest BCUT2D eigenvalue weighted by atomic mass is 9.86. The molecule has 0 saturated heterocycles. The predicted octanol–water partition coefficient (Wildman–Crippen LogP) is 2.23. The summed E-state index contributed by atoms with van der Waals surface area (Å²) < 4.78 is 0. The fourth-order valence-electron chi connectivity index (χ4n) is 3.06. The molecule has 2 N–H and O–H groups in total. The fourth-order valence-corrected chi connectivity index (χ4v) is 3.06. The molecular formula is C16H19N3O2. The van der Waals surface area contributed by atoms with Gasteiger partial charge in [-0.25, -0.2) is 5.10 Å². The second-order valence-electron chi connectivity index (χ2n) is 5.79. The number of benzene rings is 1. The Kier molecular flexibility index (Phi) is 3.73. The van der Waals surface area contributed by atoms with Crippen LogP contribution in [0.25, 0.3) is 10.8 Å². The molecular weight excluding hydrogens is 266 g/mol. The Morgan fingerprint density at radius 2 is 1.95 bits per heavy atom. The van der Waals surface area contributed by atoms with Crippen molar-refractivity contribution in [3.05, 3.63) is 40.3 Å². The lowest BCUT2D eigenvalue weighted by molar-refractivity contribution is 0.0906. The summed E-state index contributed by atoms with van der Waals surface area (Å²) in [4.78, 5) is 24.2. The Bertz CT molecular complexity index is 723. The Morgan fingerprint density at radius 1 is 1.24 bits per heavy atom. The number of rotatable bonds is 2. The number of carbonyl (C=O) groups is 1. The zero-order valence-corrected chi connectivity index (χ0v) is 12.1. The lowest BCUT2D eigenvalue weighted by Gasteiger charge is -2.29. The summed E-state index contributed by atoms with van der Waals surface area (Å²) in [6, 6.07) is 7.25. The van der Waals surface area contributed by atoms with Crippen molar-refractivity contribution in [3.63, 3.8) is 0 Å². The molecule has 0 bridgehead atoms. The van der Waals surface area contributed by atoms with E-state index in [1.165, 1.54) is 6.42 Å². The van der Waals surface area contributed by atoms with Crippen LogP contribution < -0.4 is 10.9 Å². The van der Waals surface area contributed by atoms with Crippen LogP contribution in [0, 0.1) is 5.92 Å². The second-order valence-corrected chi connectivity index (χ2v) is 5.79. The van der Waals surface area contributed by atoms with Crippen molar-refractivity contribution in [1.29, 1.82) is 0 Å². The molecule has 5 heteroatoms. The van der Waals surface area contributed by atoms with Gasteiger partial charge >= 0.3 is 0 Å². The minimum absolute atomic E-state index is 0.193. The number of hydrogen-bond donors (Lipinski definition) is 2. The predicted molar refractivity (Wildman–Crippen MR) is 81.2 cm³/mol. The maximum absolute atomic E-state index is 12.5. The largest absolute Gasteiger partial charge is 0.348 e. The van der Waals surface area contributed by atoms with Crippen molar-refractivity contribution < 1.29 is 4.79 Å². The molecule has 0 radical (unpaired) electrons. The monoisotopic (exact) mass is 285 g/mol. The molecule has 2 atom stereocenters. The third-order valence-corrected chi connectivity index (χ3v) is 4.34. The number of aromatic nitrogens is 2. The molecule has 1 aromatic carbocycles. The highest BCUT2D eigenvalue weighted by Crippen LogP contribution is 2.24. The first kappa shape index (κ1) is 13.8. The number of amides is 1. The van der Waals surface area contributed by atoms with E-state index in [2.05, 4.69) is 22.4 Å². The highest BCUT2D eigenvalue weighted by Gasteiger charge is 2.24. The summed E-state index contributed by atoms with van der Waals surface area (Å²) >= 11 is 0. The molecule has 2 aromatic rings. The van der Waals surface area contributed by atoms with E-state index in [9.17, 15) is 9.59 Å². The molecule has 0 spiro atoms. The van der Waals surface area contributed by atoms with Crippen molar-refractivity contribution >= 4 is 16.7 Å². The molecule has 21 heavy (non-hydrogen) atoms. The highest BCUT2D eigenvalue weighted by molar-refractivity contribution is 6.04. The first-order valence-corrected chi connectivity index (χ1v) is 7.45. The number of fused-ring (bicyclic) bond motifs is 1. The Labute approximate surface area is 122 Å². The van der Waals surface area contributed by atoms with Crippen molar-refractivity contribution in [2.75, 3.05) is 0 Å². The van der Waals surface area contributed by atoms with Gasteiger partial charge in [-0.05, 0) is 24.8 Å². The molecule has 5 nitrogen and oxygen atoms in total. The van der Waals surface area contributed by atoms with Crippen LogP contribution in [0.15, 0.2) is 29.1 Å². The number of aromatic amines is 1. The zero-order chi connectivity index (χ0) is 14.8. The van der Waals surface area contributed by atoms with E-state index in [1.807, 2.05) is 6.07 Å². The average molecular weight is 285 g/mol. The average Bonchev–Trinajstić information content (AvgIpc) is 2.50. The molecule has 0 unspecified atom stereocenters. The standard InChI is InChI=1S/C16H19N3O2/c1-10-6-2-5-9-13(10)17-16(21)14-11-7-3-4-8-12(11)15(20)19-18-14/h3-4,7-8,10,13H,2,5-6,9H2,1H3,(H,17,21)(H,19,20)/t10-,13-/m0/s1. The Morgan fingerprint density at radius 3 is 2.71 bits per heavy atom. The summed E-state index contributed by atoms with van der Waals surface area (Å²) in [5.41, 5.74) is 0.0242. The number of nitrogens with zero attached hydrogens (tertiary/aromatic N) is 1. The third kappa shape index (κ3) is 2.68. The minimum Gasteiger partial charge on any atom is -0.348 e. The van der Waals surface area contributed by atoms with Crippen molar-refractivity contribution in [1.82, 2.24) is 15.5 Å². The van der Waals surface area contributed by atoms with Gasteiger partial charge < -0.3 is 5.32 Å². The second kappa shape index (κ2) is 5.68. The summed E-state index contributed by atoms with van der Waals surface area (Å²) in [7, 11) is 0. The number of carbonyl (C=O) groups excluding carboxylic acids is 1. The smallest absolute Gasteiger partial charge is 0.272 e. The van der Waals surface area contributed by atoms with Crippen LogP contribution in [0.3, 0.4) is 0 Å². The Balaban J connectivity index is 1.91. The molecule has 1 aliphatic carbocycles. The van der Waals surface area contributed by atoms with E-state index in [-0.39, 0.29) is 17.5 Å². The van der Waals surface area contributed by atoms with Crippen LogP contribution in [0.2, 0.25) is 0 Å². The van der Waals surface area contributed by atoms with E-state index in [4.69, 9.17) is 0 Å². The van der Waals surface area contributed by atoms with Gasteiger partial charge in [0.2, 0.25) is 0 Å². The van der Waals surface area contributed by atoms with Crippen molar-refractivity contribution in [3.8, 4) is 0 Å². The maximum Gasteiger partial charge on any atom is 0.272 e. The zero-order valence-electron chi connectivity index (χ0n) is 12.1. The van der Waals surface area contributed by atoms with Gasteiger partial charge in [-0.2, -0.15) is 5.10 Å². The van der Waals surface area contributed by atoms with E-state index in [1.54, 1.807) is 18.2 Å². The van der Waals surface area contributed by atoms with Gasteiger partial charge in [0.25, 0.3) is 11.5 Å².